The monoisotopic (exact) mass is 302 g/mol. The summed E-state index contributed by atoms with van der Waals surface area (Å²) in [5, 5.41) is 2.77. The Morgan fingerprint density at radius 1 is 1.19 bits per heavy atom. The first-order chi connectivity index (χ1) is 10.1. The van der Waals surface area contributed by atoms with Crippen LogP contribution in [-0.4, -0.2) is 18.3 Å². The smallest absolute Gasteiger partial charge is 0.265 e. The van der Waals surface area contributed by atoms with Crippen molar-refractivity contribution >= 4 is 29.0 Å². The van der Waals surface area contributed by atoms with Gasteiger partial charge in [0.15, 0.2) is 6.10 Å². The molecule has 0 saturated heterocycles. The largest absolute Gasteiger partial charge is 0.480 e. The Morgan fingerprint density at radius 3 is 2.57 bits per heavy atom. The molecule has 0 saturated carbocycles. The summed E-state index contributed by atoms with van der Waals surface area (Å²) in [6.07, 6.45) is 1.36. The molecule has 0 aliphatic rings. The minimum atomic E-state index is -0.613. The number of para-hydroxylation sites is 3. The van der Waals surface area contributed by atoms with Gasteiger partial charge in [-0.05, 0) is 37.4 Å². The molecule has 5 heteroatoms. The van der Waals surface area contributed by atoms with Crippen LogP contribution < -0.4 is 15.8 Å². The van der Waals surface area contributed by atoms with E-state index in [1.807, 2.05) is 42.7 Å². The standard InChI is InChI=1S/C16H18N2O2S/c1-11(20-14-9-5-6-10-15(14)21-2)16(19)18-13-8-4-3-7-12(13)17/h3-11H,17H2,1-2H3,(H,18,19). The molecule has 2 aromatic rings. The van der Waals surface area contributed by atoms with Crippen molar-refractivity contribution in [3.8, 4) is 5.75 Å². The number of rotatable bonds is 5. The first-order valence-electron chi connectivity index (χ1n) is 6.57. The lowest BCUT2D eigenvalue weighted by atomic mass is 10.2. The van der Waals surface area contributed by atoms with E-state index in [0.29, 0.717) is 17.1 Å². The van der Waals surface area contributed by atoms with Crippen molar-refractivity contribution < 1.29 is 9.53 Å². The Bertz CT molecular complexity index is 631. The lowest BCUT2D eigenvalue weighted by Crippen LogP contribution is -2.30. The molecule has 0 aliphatic heterocycles. The summed E-state index contributed by atoms with van der Waals surface area (Å²) < 4.78 is 5.74. The highest BCUT2D eigenvalue weighted by atomic mass is 32.2. The summed E-state index contributed by atoms with van der Waals surface area (Å²) in [6.45, 7) is 1.71. The van der Waals surface area contributed by atoms with Crippen molar-refractivity contribution in [3.63, 3.8) is 0 Å². The Balaban J connectivity index is 2.05. The van der Waals surface area contributed by atoms with Crippen LogP contribution >= 0.6 is 11.8 Å². The van der Waals surface area contributed by atoms with Gasteiger partial charge in [0.25, 0.3) is 5.91 Å². The summed E-state index contributed by atoms with van der Waals surface area (Å²) in [5.74, 6) is 0.470. The molecule has 1 unspecified atom stereocenters. The fourth-order valence-corrected chi connectivity index (χ4v) is 2.34. The van der Waals surface area contributed by atoms with Crippen LogP contribution in [0.4, 0.5) is 11.4 Å². The molecule has 0 spiro atoms. The van der Waals surface area contributed by atoms with E-state index in [9.17, 15) is 4.79 Å². The Morgan fingerprint density at radius 2 is 1.86 bits per heavy atom. The van der Waals surface area contributed by atoms with Crippen LogP contribution in [0.15, 0.2) is 53.4 Å². The number of ether oxygens (including phenoxy) is 1. The molecule has 110 valence electrons. The third kappa shape index (κ3) is 3.92. The second-order valence-corrected chi connectivity index (χ2v) is 5.34. The van der Waals surface area contributed by atoms with Crippen LogP contribution in [0.2, 0.25) is 0 Å². The van der Waals surface area contributed by atoms with Gasteiger partial charge in [-0.25, -0.2) is 0 Å². The molecule has 21 heavy (non-hydrogen) atoms. The number of hydrogen-bond acceptors (Lipinski definition) is 4. The van der Waals surface area contributed by atoms with E-state index in [1.165, 1.54) is 0 Å². The Labute approximate surface area is 128 Å². The zero-order valence-electron chi connectivity index (χ0n) is 12.0. The fraction of sp³-hybridized carbons (Fsp3) is 0.188. The number of nitrogens with two attached hydrogens (primary N) is 1. The van der Waals surface area contributed by atoms with Crippen molar-refractivity contribution in [2.24, 2.45) is 0 Å². The lowest BCUT2D eigenvalue weighted by Gasteiger charge is -2.17. The summed E-state index contributed by atoms with van der Waals surface area (Å²) in [5.41, 5.74) is 6.93. The summed E-state index contributed by atoms with van der Waals surface area (Å²) in [4.78, 5) is 13.2. The van der Waals surface area contributed by atoms with Crippen LogP contribution in [-0.2, 0) is 4.79 Å². The average molecular weight is 302 g/mol. The Hall–Kier alpha value is -2.14. The maximum Gasteiger partial charge on any atom is 0.265 e. The highest BCUT2D eigenvalue weighted by molar-refractivity contribution is 7.98. The van der Waals surface area contributed by atoms with Gasteiger partial charge in [-0.3, -0.25) is 4.79 Å². The van der Waals surface area contributed by atoms with Gasteiger partial charge in [0.2, 0.25) is 0 Å². The maximum absolute atomic E-state index is 12.2. The van der Waals surface area contributed by atoms with Gasteiger partial charge in [0.05, 0.1) is 11.4 Å². The lowest BCUT2D eigenvalue weighted by molar-refractivity contribution is -0.122. The summed E-state index contributed by atoms with van der Waals surface area (Å²) in [7, 11) is 0. The predicted molar refractivity (Wildman–Crippen MR) is 87.8 cm³/mol. The third-order valence-corrected chi connectivity index (χ3v) is 3.74. The van der Waals surface area contributed by atoms with Gasteiger partial charge in [-0.15, -0.1) is 11.8 Å². The van der Waals surface area contributed by atoms with Gasteiger partial charge in [0.1, 0.15) is 5.75 Å². The first-order valence-corrected chi connectivity index (χ1v) is 7.79. The number of carbonyl (C=O) groups excluding carboxylic acids is 1. The van der Waals surface area contributed by atoms with Crippen molar-refractivity contribution in [3.05, 3.63) is 48.5 Å². The van der Waals surface area contributed by atoms with Gasteiger partial charge in [-0.2, -0.15) is 0 Å². The van der Waals surface area contributed by atoms with Gasteiger partial charge in [0, 0.05) is 4.90 Å². The van der Waals surface area contributed by atoms with Crippen LogP contribution in [0.25, 0.3) is 0 Å². The van der Waals surface area contributed by atoms with Crippen LogP contribution in [0.3, 0.4) is 0 Å². The second kappa shape index (κ2) is 7.04. The number of thioether (sulfide) groups is 1. The third-order valence-electron chi connectivity index (χ3n) is 2.96. The molecule has 3 N–H and O–H groups in total. The van der Waals surface area contributed by atoms with Gasteiger partial charge in [-0.1, -0.05) is 24.3 Å². The minimum absolute atomic E-state index is 0.233. The topological polar surface area (TPSA) is 64.3 Å². The average Bonchev–Trinajstić information content (AvgIpc) is 2.50. The SMILES string of the molecule is CSc1ccccc1OC(C)C(=O)Nc1ccccc1N. The van der Waals surface area contributed by atoms with E-state index in [2.05, 4.69) is 5.32 Å². The van der Waals surface area contributed by atoms with E-state index in [-0.39, 0.29) is 5.91 Å². The molecule has 0 heterocycles. The first kappa shape index (κ1) is 15.3. The van der Waals surface area contributed by atoms with Crippen molar-refractivity contribution in [1.82, 2.24) is 0 Å². The molecule has 0 radical (unpaired) electrons. The highest BCUT2D eigenvalue weighted by Crippen LogP contribution is 2.28. The number of amides is 1. The number of nitrogen functional groups attached to an aromatic ring is 1. The van der Waals surface area contributed by atoms with E-state index < -0.39 is 6.10 Å². The molecule has 1 atom stereocenters. The maximum atomic E-state index is 12.2. The number of benzene rings is 2. The van der Waals surface area contributed by atoms with Crippen molar-refractivity contribution in [2.45, 2.75) is 17.9 Å². The minimum Gasteiger partial charge on any atom is -0.480 e. The molecule has 2 rings (SSSR count). The predicted octanol–water partition coefficient (Wildman–Crippen LogP) is 3.40. The summed E-state index contributed by atoms with van der Waals surface area (Å²) >= 11 is 1.58. The molecule has 0 bridgehead atoms. The fourth-order valence-electron chi connectivity index (χ4n) is 1.81. The quantitative estimate of drug-likeness (QED) is 0.656. The van der Waals surface area contributed by atoms with E-state index >= 15 is 0 Å². The molecule has 1 amide bonds. The van der Waals surface area contributed by atoms with Crippen LogP contribution in [0, 0.1) is 0 Å². The summed E-state index contributed by atoms with van der Waals surface area (Å²) in [6, 6.07) is 14.8. The van der Waals surface area contributed by atoms with Gasteiger partial charge >= 0.3 is 0 Å². The molecule has 0 fully saturated rings. The molecule has 2 aromatic carbocycles. The second-order valence-electron chi connectivity index (χ2n) is 4.49. The van der Waals surface area contributed by atoms with Crippen molar-refractivity contribution in [2.75, 3.05) is 17.3 Å². The number of hydrogen-bond donors (Lipinski definition) is 2. The number of nitrogens with one attached hydrogen (secondary N) is 1. The molecule has 0 aromatic heterocycles. The molecular formula is C16H18N2O2S. The van der Waals surface area contributed by atoms with E-state index in [1.54, 1.807) is 30.8 Å². The zero-order chi connectivity index (χ0) is 15.2. The van der Waals surface area contributed by atoms with Crippen LogP contribution in [0.1, 0.15) is 6.92 Å². The molecule has 4 nitrogen and oxygen atoms in total. The normalized spacial score (nSPS) is 11.7. The van der Waals surface area contributed by atoms with E-state index in [0.717, 1.165) is 4.90 Å². The Kier molecular flexibility index (Phi) is 5.11. The van der Waals surface area contributed by atoms with Gasteiger partial charge < -0.3 is 15.8 Å². The molecular weight excluding hydrogens is 284 g/mol. The highest BCUT2D eigenvalue weighted by Gasteiger charge is 2.17. The van der Waals surface area contributed by atoms with Crippen LogP contribution in [0.5, 0.6) is 5.75 Å². The number of carbonyl (C=O) groups is 1. The number of anilines is 2. The van der Waals surface area contributed by atoms with E-state index in [4.69, 9.17) is 10.5 Å². The molecule has 0 aliphatic carbocycles. The van der Waals surface area contributed by atoms with Crippen molar-refractivity contribution in [1.29, 1.82) is 0 Å². The zero-order valence-corrected chi connectivity index (χ0v) is 12.8.